The highest BCUT2D eigenvalue weighted by Gasteiger charge is 2.16. The van der Waals surface area contributed by atoms with E-state index in [1.165, 1.54) is 0 Å². The molecule has 1 amide bonds. The Morgan fingerprint density at radius 3 is 2.52 bits per heavy atom. The first kappa shape index (κ1) is 20.3. The maximum absolute atomic E-state index is 12.9. The third-order valence-electron chi connectivity index (χ3n) is 4.68. The number of aromatic nitrogens is 4. The lowest BCUT2D eigenvalue weighted by atomic mass is 10.1. The topological polar surface area (TPSA) is 84.7 Å². The number of hydrogen-bond donors (Lipinski definition) is 2. The Morgan fingerprint density at radius 2 is 1.77 bits per heavy atom. The largest absolute Gasteiger partial charge is 0.367 e. The SMILES string of the molecule is CC(C)Nc1ncccc1C(=O)NCc1cn(-c2ccccc2)nc1-c1ccncc1. The zero-order valence-electron chi connectivity index (χ0n) is 17.5. The zero-order valence-corrected chi connectivity index (χ0v) is 17.5. The number of nitrogens with zero attached hydrogens (tertiary/aromatic N) is 4. The molecular formula is C24H24N6O. The van der Waals surface area contributed by atoms with Gasteiger partial charge in [0.15, 0.2) is 0 Å². The van der Waals surface area contributed by atoms with Gasteiger partial charge in [0.05, 0.1) is 16.9 Å². The first-order valence-electron chi connectivity index (χ1n) is 10.2. The van der Waals surface area contributed by atoms with Crippen LogP contribution in [0, 0.1) is 0 Å². The van der Waals surface area contributed by atoms with E-state index >= 15 is 0 Å². The Kier molecular flexibility index (Phi) is 6.03. The molecule has 0 fully saturated rings. The number of pyridine rings is 2. The van der Waals surface area contributed by atoms with Crippen molar-refractivity contribution in [2.24, 2.45) is 0 Å². The van der Waals surface area contributed by atoms with Crippen molar-refractivity contribution >= 4 is 11.7 Å². The van der Waals surface area contributed by atoms with Crippen LogP contribution < -0.4 is 10.6 Å². The summed E-state index contributed by atoms with van der Waals surface area (Å²) >= 11 is 0. The summed E-state index contributed by atoms with van der Waals surface area (Å²) in [7, 11) is 0. The molecule has 0 saturated heterocycles. The fraction of sp³-hybridized carbons (Fsp3) is 0.167. The molecule has 3 aromatic heterocycles. The highest BCUT2D eigenvalue weighted by Crippen LogP contribution is 2.23. The van der Waals surface area contributed by atoms with Gasteiger partial charge in [-0.3, -0.25) is 9.78 Å². The predicted molar refractivity (Wildman–Crippen MR) is 121 cm³/mol. The average molecular weight is 412 g/mol. The van der Waals surface area contributed by atoms with Gasteiger partial charge in [-0.1, -0.05) is 18.2 Å². The summed E-state index contributed by atoms with van der Waals surface area (Å²) in [5.41, 5.74) is 4.12. The summed E-state index contributed by atoms with van der Waals surface area (Å²) in [6.45, 7) is 4.35. The number of amides is 1. The number of para-hydroxylation sites is 1. The Balaban J connectivity index is 1.61. The van der Waals surface area contributed by atoms with Crippen LogP contribution in [0.2, 0.25) is 0 Å². The third kappa shape index (κ3) is 4.78. The van der Waals surface area contributed by atoms with Crippen LogP contribution in [0.25, 0.3) is 16.9 Å². The normalized spacial score (nSPS) is 10.8. The van der Waals surface area contributed by atoms with E-state index in [1.807, 2.05) is 67.2 Å². The van der Waals surface area contributed by atoms with Crippen molar-refractivity contribution in [3.05, 3.63) is 90.5 Å². The molecule has 0 unspecified atom stereocenters. The molecule has 7 nitrogen and oxygen atoms in total. The minimum absolute atomic E-state index is 0.170. The van der Waals surface area contributed by atoms with Crippen molar-refractivity contribution < 1.29 is 4.79 Å². The summed E-state index contributed by atoms with van der Waals surface area (Å²) in [4.78, 5) is 21.3. The first-order chi connectivity index (χ1) is 15.1. The van der Waals surface area contributed by atoms with Crippen molar-refractivity contribution in [3.8, 4) is 16.9 Å². The molecule has 2 N–H and O–H groups in total. The summed E-state index contributed by atoms with van der Waals surface area (Å²) in [5, 5.41) is 11.0. The average Bonchev–Trinajstić information content (AvgIpc) is 3.23. The van der Waals surface area contributed by atoms with Gasteiger partial charge in [0.25, 0.3) is 5.91 Å². The molecule has 0 aliphatic carbocycles. The van der Waals surface area contributed by atoms with E-state index in [0.717, 1.165) is 22.5 Å². The van der Waals surface area contributed by atoms with Crippen LogP contribution in [0.4, 0.5) is 5.82 Å². The second kappa shape index (κ2) is 9.21. The second-order valence-corrected chi connectivity index (χ2v) is 7.40. The van der Waals surface area contributed by atoms with Crippen LogP contribution in [-0.4, -0.2) is 31.7 Å². The summed E-state index contributed by atoms with van der Waals surface area (Å²) in [6, 6.07) is 17.4. The molecule has 0 atom stereocenters. The summed E-state index contributed by atoms with van der Waals surface area (Å²) in [6.07, 6.45) is 7.09. The van der Waals surface area contributed by atoms with E-state index in [2.05, 4.69) is 20.6 Å². The number of nitrogens with one attached hydrogen (secondary N) is 2. The van der Waals surface area contributed by atoms with E-state index < -0.39 is 0 Å². The van der Waals surface area contributed by atoms with Gasteiger partial charge in [-0.25, -0.2) is 9.67 Å². The molecule has 1 aromatic carbocycles. The fourth-order valence-corrected chi connectivity index (χ4v) is 3.25. The number of hydrogen-bond acceptors (Lipinski definition) is 5. The lowest BCUT2D eigenvalue weighted by molar-refractivity contribution is 0.0951. The van der Waals surface area contributed by atoms with Crippen LogP contribution in [0.1, 0.15) is 29.8 Å². The molecule has 4 rings (SSSR count). The third-order valence-corrected chi connectivity index (χ3v) is 4.68. The molecule has 0 aliphatic rings. The summed E-state index contributed by atoms with van der Waals surface area (Å²) < 4.78 is 1.83. The predicted octanol–water partition coefficient (Wildman–Crippen LogP) is 4.08. The minimum atomic E-state index is -0.190. The van der Waals surface area contributed by atoms with Gasteiger partial charge in [-0.2, -0.15) is 5.10 Å². The van der Waals surface area contributed by atoms with Gasteiger partial charge in [0.1, 0.15) is 5.82 Å². The molecular weight excluding hydrogens is 388 g/mol. The van der Waals surface area contributed by atoms with Crippen LogP contribution in [0.15, 0.2) is 79.4 Å². The van der Waals surface area contributed by atoms with Gasteiger partial charge in [0, 0.05) is 48.5 Å². The van der Waals surface area contributed by atoms with Crippen molar-refractivity contribution in [2.75, 3.05) is 5.32 Å². The van der Waals surface area contributed by atoms with Crippen molar-refractivity contribution in [3.63, 3.8) is 0 Å². The Morgan fingerprint density at radius 1 is 1.00 bits per heavy atom. The van der Waals surface area contributed by atoms with E-state index in [9.17, 15) is 4.79 Å². The molecule has 7 heteroatoms. The molecule has 156 valence electrons. The Hall–Kier alpha value is -4.00. The van der Waals surface area contributed by atoms with Crippen LogP contribution in [-0.2, 0) is 6.54 Å². The lowest BCUT2D eigenvalue weighted by Crippen LogP contribution is -2.25. The van der Waals surface area contributed by atoms with Gasteiger partial charge in [-0.15, -0.1) is 0 Å². The zero-order chi connectivity index (χ0) is 21.6. The molecule has 0 aliphatic heterocycles. The number of benzene rings is 1. The quantitative estimate of drug-likeness (QED) is 0.478. The standard InChI is InChI=1S/C24H24N6O/c1-17(2)28-23-21(9-6-12-26-23)24(31)27-15-19-16-30(20-7-4-3-5-8-20)29-22(19)18-10-13-25-14-11-18/h3-14,16-17H,15H2,1-2H3,(H,26,28)(H,27,31). The molecule has 0 bridgehead atoms. The lowest BCUT2D eigenvalue weighted by Gasteiger charge is -2.13. The van der Waals surface area contributed by atoms with Crippen LogP contribution >= 0.6 is 0 Å². The smallest absolute Gasteiger partial charge is 0.255 e. The van der Waals surface area contributed by atoms with Crippen LogP contribution in [0.3, 0.4) is 0 Å². The molecule has 0 radical (unpaired) electrons. The van der Waals surface area contributed by atoms with Gasteiger partial charge in [0.2, 0.25) is 0 Å². The molecule has 31 heavy (non-hydrogen) atoms. The maximum Gasteiger partial charge on any atom is 0.255 e. The monoisotopic (exact) mass is 412 g/mol. The number of carbonyl (C=O) groups excluding carboxylic acids is 1. The first-order valence-corrected chi connectivity index (χ1v) is 10.2. The van der Waals surface area contributed by atoms with E-state index in [0.29, 0.717) is 17.9 Å². The highest BCUT2D eigenvalue weighted by molar-refractivity contribution is 5.98. The Bertz CT molecular complexity index is 1160. The van der Waals surface area contributed by atoms with Gasteiger partial charge in [-0.05, 0) is 50.2 Å². The molecule has 0 saturated carbocycles. The second-order valence-electron chi connectivity index (χ2n) is 7.40. The van der Waals surface area contributed by atoms with E-state index in [-0.39, 0.29) is 11.9 Å². The summed E-state index contributed by atoms with van der Waals surface area (Å²) in [5.74, 6) is 0.383. The minimum Gasteiger partial charge on any atom is -0.367 e. The Labute approximate surface area is 181 Å². The fourth-order valence-electron chi connectivity index (χ4n) is 3.25. The maximum atomic E-state index is 12.9. The molecule has 4 aromatic rings. The molecule has 0 spiro atoms. The van der Waals surface area contributed by atoms with Crippen molar-refractivity contribution in [2.45, 2.75) is 26.4 Å². The van der Waals surface area contributed by atoms with Gasteiger partial charge < -0.3 is 10.6 Å². The number of carbonyl (C=O) groups is 1. The van der Waals surface area contributed by atoms with E-state index in [1.54, 1.807) is 30.7 Å². The van der Waals surface area contributed by atoms with Crippen LogP contribution in [0.5, 0.6) is 0 Å². The number of rotatable bonds is 7. The van der Waals surface area contributed by atoms with Gasteiger partial charge >= 0.3 is 0 Å². The number of anilines is 1. The molecule has 3 heterocycles. The van der Waals surface area contributed by atoms with Crippen molar-refractivity contribution in [1.82, 2.24) is 25.1 Å². The van der Waals surface area contributed by atoms with E-state index in [4.69, 9.17) is 5.10 Å². The highest BCUT2D eigenvalue weighted by atomic mass is 16.1. The van der Waals surface area contributed by atoms with Crippen molar-refractivity contribution in [1.29, 1.82) is 0 Å².